The van der Waals surface area contributed by atoms with Crippen molar-refractivity contribution in [2.75, 3.05) is 46.7 Å². The summed E-state index contributed by atoms with van der Waals surface area (Å²) in [5.41, 5.74) is 7.00. The number of nitrogens with zero attached hydrogens (tertiary/aromatic N) is 10. The van der Waals surface area contributed by atoms with Gasteiger partial charge in [-0.1, -0.05) is 12.1 Å². The highest BCUT2D eigenvalue weighted by molar-refractivity contribution is 6.08. The number of anilines is 4. The van der Waals surface area contributed by atoms with Crippen LogP contribution in [0.4, 0.5) is 23.0 Å². The zero-order chi connectivity index (χ0) is 57.6. The lowest BCUT2D eigenvalue weighted by atomic mass is 10.1. The summed E-state index contributed by atoms with van der Waals surface area (Å²) in [6.07, 6.45) is 4.45. The zero-order valence-electron chi connectivity index (χ0n) is 44.1. The monoisotopic (exact) mass is 1080 g/mol. The molecule has 0 spiro atoms. The SMILES string of the molecule is CCOC(=O)CCN(C(=O)c1ccc2c(c1)nc(CNc1ccc(C#N)cc1)n2C)c1ccccn1.CCOC(=O)CCN(C(=O)c1ccc2c(c1)nc(CNc1ccc(C#N)cc1)n2C)c1ccccn1.O=C(O)/C=C/C(=O)O. The van der Waals surface area contributed by atoms with Gasteiger partial charge < -0.3 is 39.5 Å². The van der Waals surface area contributed by atoms with E-state index in [9.17, 15) is 28.8 Å². The first-order chi connectivity index (χ1) is 38.6. The topological polar surface area (TPSA) is 301 Å². The van der Waals surface area contributed by atoms with Gasteiger partial charge in [-0.25, -0.2) is 29.5 Å². The highest BCUT2D eigenvalue weighted by atomic mass is 16.5. The van der Waals surface area contributed by atoms with Gasteiger partial charge in [-0.15, -0.1) is 0 Å². The number of imidazole rings is 2. The number of carbonyl (C=O) groups is 6. The van der Waals surface area contributed by atoms with Crippen LogP contribution in [-0.4, -0.2) is 101 Å². The molecule has 0 saturated heterocycles. The normalized spacial score (nSPS) is 10.5. The van der Waals surface area contributed by atoms with Crippen molar-refractivity contribution >= 4 is 80.8 Å². The molecular weight excluding hydrogens is 1020 g/mol. The molecule has 22 nitrogen and oxygen atoms in total. The van der Waals surface area contributed by atoms with E-state index >= 15 is 0 Å². The Kier molecular flexibility index (Phi) is 21.2. The van der Waals surface area contributed by atoms with Gasteiger partial charge in [0, 0.05) is 74.2 Å². The number of nitrogens with one attached hydrogen (secondary N) is 2. The third-order valence-corrected chi connectivity index (χ3v) is 11.8. The van der Waals surface area contributed by atoms with E-state index in [1.807, 2.05) is 59.6 Å². The van der Waals surface area contributed by atoms with Crippen LogP contribution in [0.25, 0.3) is 22.1 Å². The minimum absolute atomic E-state index is 0.0626. The molecule has 80 heavy (non-hydrogen) atoms. The van der Waals surface area contributed by atoms with Crippen molar-refractivity contribution < 1.29 is 48.5 Å². The molecule has 8 rings (SSSR count). The second-order valence-corrected chi connectivity index (χ2v) is 17.1. The molecule has 0 fully saturated rings. The number of carbonyl (C=O) groups excluding carboxylic acids is 4. The first kappa shape index (κ1) is 58.5. The Morgan fingerprint density at radius 1 is 0.575 bits per heavy atom. The van der Waals surface area contributed by atoms with Gasteiger partial charge in [-0.05, 0) is 123 Å². The van der Waals surface area contributed by atoms with Crippen LogP contribution in [0.1, 0.15) is 70.2 Å². The number of hydrogen-bond acceptors (Lipinski definition) is 16. The van der Waals surface area contributed by atoms with Gasteiger partial charge in [-0.3, -0.25) is 29.0 Å². The molecule has 0 aliphatic heterocycles. The van der Waals surface area contributed by atoms with E-state index in [0.717, 1.165) is 34.1 Å². The molecule has 0 aliphatic carbocycles. The number of ether oxygens (including phenoxy) is 2. The largest absolute Gasteiger partial charge is 0.478 e. The molecule has 0 aliphatic rings. The molecule has 22 heteroatoms. The van der Waals surface area contributed by atoms with Crippen molar-refractivity contribution in [1.29, 1.82) is 10.5 Å². The van der Waals surface area contributed by atoms with Gasteiger partial charge in [-0.2, -0.15) is 10.5 Å². The molecule has 8 aromatic rings. The predicted molar refractivity (Wildman–Crippen MR) is 297 cm³/mol. The van der Waals surface area contributed by atoms with Gasteiger partial charge in [0.05, 0.1) is 84.5 Å². The molecule has 2 amide bonds. The van der Waals surface area contributed by atoms with E-state index in [2.05, 4.69) is 32.7 Å². The van der Waals surface area contributed by atoms with Crippen molar-refractivity contribution in [1.82, 2.24) is 29.1 Å². The number of nitriles is 2. The Balaban J connectivity index is 0.000000227. The smallest absolute Gasteiger partial charge is 0.328 e. The Hall–Kier alpha value is -10.7. The summed E-state index contributed by atoms with van der Waals surface area (Å²) in [5, 5.41) is 40.2. The molecule has 0 bridgehead atoms. The molecular formula is C58H56N12O10. The minimum Gasteiger partial charge on any atom is -0.478 e. The Bertz CT molecular complexity index is 3340. The van der Waals surface area contributed by atoms with E-state index in [4.69, 9.17) is 40.2 Å². The van der Waals surface area contributed by atoms with Crippen LogP contribution >= 0.6 is 0 Å². The number of aromatic nitrogens is 6. The number of amides is 2. The fourth-order valence-corrected chi connectivity index (χ4v) is 7.76. The summed E-state index contributed by atoms with van der Waals surface area (Å²) < 4.78 is 14.0. The Morgan fingerprint density at radius 2 is 0.963 bits per heavy atom. The lowest BCUT2D eigenvalue weighted by Crippen LogP contribution is -2.34. The standard InChI is InChI=1S/2C27H26N6O3.C4H4O4/c2*1-3-36-26(34)13-15-33(24-6-4-5-14-29-24)27(35)20-9-12-23-22(16-20)31-25(32(23)2)18-30-21-10-7-19(17-28)8-11-21;5-3(6)1-2-4(7)8/h2*4-12,14,16,30H,3,13,15,18H2,1-2H3;1-2H,(H,5,6)(H,7,8)/b;;2-1+. The van der Waals surface area contributed by atoms with Crippen LogP contribution < -0.4 is 20.4 Å². The van der Waals surface area contributed by atoms with E-state index in [1.54, 1.807) is 111 Å². The number of carboxylic acid groups (broad SMARTS) is 2. The molecule has 4 N–H and O–H groups in total. The van der Waals surface area contributed by atoms with Crippen molar-refractivity contribution in [3.05, 3.63) is 180 Å². The Labute approximate surface area is 459 Å². The van der Waals surface area contributed by atoms with E-state index in [0.29, 0.717) is 70.2 Å². The minimum atomic E-state index is -1.26. The van der Waals surface area contributed by atoms with Crippen LogP contribution in [0.2, 0.25) is 0 Å². The van der Waals surface area contributed by atoms with Crippen molar-refractivity contribution in [3.63, 3.8) is 0 Å². The first-order valence-electron chi connectivity index (χ1n) is 24.9. The van der Waals surface area contributed by atoms with Gasteiger partial charge in [0.15, 0.2) is 0 Å². The first-order valence-corrected chi connectivity index (χ1v) is 24.9. The average molecular weight is 1080 g/mol. The van der Waals surface area contributed by atoms with Crippen molar-refractivity contribution in [2.45, 2.75) is 39.8 Å². The number of carboxylic acids is 2. The van der Waals surface area contributed by atoms with Gasteiger partial charge in [0.1, 0.15) is 23.3 Å². The van der Waals surface area contributed by atoms with E-state index in [-0.39, 0.29) is 62.9 Å². The maximum atomic E-state index is 13.5. The summed E-state index contributed by atoms with van der Waals surface area (Å²) in [7, 11) is 3.85. The van der Waals surface area contributed by atoms with E-state index in [1.165, 1.54) is 9.80 Å². The Morgan fingerprint density at radius 3 is 1.29 bits per heavy atom. The van der Waals surface area contributed by atoms with Crippen LogP contribution in [0.3, 0.4) is 0 Å². The number of pyridine rings is 2. The zero-order valence-corrected chi connectivity index (χ0v) is 44.1. The third-order valence-electron chi connectivity index (χ3n) is 11.8. The van der Waals surface area contributed by atoms with Gasteiger partial charge >= 0.3 is 23.9 Å². The van der Waals surface area contributed by atoms with E-state index < -0.39 is 11.9 Å². The summed E-state index contributed by atoms with van der Waals surface area (Å²) in [5.74, 6) is -1.30. The number of aliphatic carboxylic acids is 2. The van der Waals surface area contributed by atoms with Gasteiger partial charge in [0.2, 0.25) is 0 Å². The van der Waals surface area contributed by atoms with Crippen LogP contribution in [0, 0.1) is 22.7 Å². The lowest BCUT2D eigenvalue weighted by molar-refractivity contribution is -0.143. The third kappa shape index (κ3) is 16.4. The molecule has 4 aromatic carbocycles. The number of fused-ring (bicyclic) bond motifs is 2. The van der Waals surface area contributed by atoms with Crippen LogP contribution in [-0.2, 0) is 55.8 Å². The number of rotatable bonds is 20. The molecule has 0 saturated carbocycles. The summed E-state index contributed by atoms with van der Waals surface area (Å²) in [6, 6.07) is 39.9. The number of hydrogen-bond donors (Lipinski definition) is 4. The van der Waals surface area contributed by atoms with Crippen LogP contribution in [0.15, 0.2) is 146 Å². The number of aryl methyl sites for hydroxylation is 2. The summed E-state index contributed by atoms with van der Waals surface area (Å²) in [4.78, 5) is 90.9. The average Bonchev–Trinajstić information content (AvgIpc) is 3.97. The summed E-state index contributed by atoms with van der Waals surface area (Å²) >= 11 is 0. The highest BCUT2D eigenvalue weighted by Gasteiger charge is 2.23. The fraction of sp³-hybridized carbons (Fsp3) is 0.207. The second-order valence-electron chi connectivity index (χ2n) is 17.1. The number of benzene rings is 4. The maximum Gasteiger partial charge on any atom is 0.328 e. The molecule has 0 radical (unpaired) electrons. The highest BCUT2D eigenvalue weighted by Crippen LogP contribution is 2.24. The van der Waals surface area contributed by atoms with Crippen LogP contribution in [0.5, 0.6) is 0 Å². The fourth-order valence-electron chi connectivity index (χ4n) is 7.76. The number of esters is 2. The second kappa shape index (κ2) is 29.0. The lowest BCUT2D eigenvalue weighted by Gasteiger charge is -2.21. The molecule has 408 valence electrons. The molecule has 4 heterocycles. The molecule has 0 atom stereocenters. The summed E-state index contributed by atoms with van der Waals surface area (Å²) in [6.45, 7) is 5.30. The predicted octanol–water partition coefficient (Wildman–Crippen LogP) is 7.82. The quantitative estimate of drug-likeness (QED) is 0.0417. The molecule has 4 aromatic heterocycles. The van der Waals surface area contributed by atoms with Crippen molar-refractivity contribution in [3.8, 4) is 12.1 Å². The molecule has 0 unspecified atom stereocenters. The van der Waals surface area contributed by atoms with Crippen molar-refractivity contribution in [2.24, 2.45) is 14.1 Å². The maximum absolute atomic E-state index is 13.5. The van der Waals surface area contributed by atoms with Gasteiger partial charge in [0.25, 0.3) is 11.8 Å².